The minimum absolute atomic E-state index is 0.0520. The van der Waals surface area contributed by atoms with Crippen LogP contribution in [0.1, 0.15) is 42.3 Å². The number of benzene rings is 2. The Morgan fingerprint density at radius 3 is 1.31 bits per heavy atom. The fraction of sp³-hybridized carbons (Fsp3) is 0.680. The van der Waals surface area contributed by atoms with Gasteiger partial charge < -0.3 is 85.8 Å². The number of esters is 1. The fourth-order valence-electron chi connectivity index (χ4n) is 5.91. The van der Waals surface area contributed by atoms with Crippen LogP contribution in [0.3, 0.4) is 0 Å². The lowest BCUT2D eigenvalue weighted by atomic mass is 10.0. The van der Waals surface area contributed by atoms with Gasteiger partial charge in [0, 0.05) is 46.0 Å². The van der Waals surface area contributed by atoms with Crippen LogP contribution >= 0.6 is 0 Å². The maximum Gasteiger partial charge on any atom is 0.329 e. The van der Waals surface area contributed by atoms with Crippen molar-refractivity contribution in [2.75, 3.05) is 187 Å². The predicted octanol–water partition coefficient (Wildman–Crippen LogP) is 4.25. The average molecular weight is 1000 g/mol. The molecule has 0 aromatic heterocycles. The molecule has 0 spiro atoms. The average Bonchev–Trinajstić information content (AvgIpc) is 3.35. The molecule has 0 bridgehead atoms. The molecule has 0 aliphatic rings. The first kappa shape index (κ1) is 62.0. The lowest BCUT2D eigenvalue weighted by molar-refractivity contribution is -0.147. The van der Waals surface area contributed by atoms with Gasteiger partial charge in [0.05, 0.1) is 138 Å². The first-order chi connectivity index (χ1) is 34.3. The van der Waals surface area contributed by atoms with Gasteiger partial charge in [0.1, 0.15) is 38.2 Å². The lowest BCUT2D eigenvalue weighted by Crippen LogP contribution is -2.43. The van der Waals surface area contributed by atoms with Crippen LogP contribution in [0, 0.1) is 0 Å². The summed E-state index contributed by atoms with van der Waals surface area (Å²) in [6, 6.07) is 7.54. The molecular formula is C50H81NO19. The highest BCUT2D eigenvalue weighted by atomic mass is 16.6. The van der Waals surface area contributed by atoms with Gasteiger partial charge in [-0.2, -0.15) is 0 Å². The SMILES string of the molecule is C/C=C/c1cc(C[C@H](NC(=O)c2cc(OCCOCCOCCOC)c(OCCOCCOCCOC)c(OCCOCCOCCOC)c2)C(=O)OCCOCCOCCOC)ccc1OC(C)C. The van der Waals surface area contributed by atoms with E-state index in [4.69, 9.17) is 80.5 Å². The normalized spacial score (nSPS) is 11.9. The van der Waals surface area contributed by atoms with Crippen LogP contribution in [0.4, 0.5) is 0 Å². The van der Waals surface area contributed by atoms with Gasteiger partial charge in [-0.05, 0) is 50.6 Å². The smallest absolute Gasteiger partial charge is 0.329 e. The van der Waals surface area contributed by atoms with E-state index in [2.05, 4.69) is 5.32 Å². The number of carbonyl (C=O) groups excluding carboxylic acids is 2. The molecule has 2 aromatic rings. The van der Waals surface area contributed by atoms with E-state index >= 15 is 0 Å². The molecule has 0 saturated carbocycles. The van der Waals surface area contributed by atoms with Crippen molar-refractivity contribution in [2.24, 2.45) is 0 Å². The highest BCUT2D eigenvalue weighted by Gasteiger charge is 2.26. The van der Waals surface area contributed by atoms with E-state index in [1.807, 2.05) is 51.1 Å². The zero-order valence-electron chi connectivity index (χ0n) is 42.6. The molecule has 20 nitrogen and oxygen atoms in total. The van der Waals surface area contributed by atoms with Crippen LogP contribution in [-0.4, -0.2) is 211 Å². The van der Waals surface area contributed by atoms with Gasteiger partial charge in [-0.1, -0.05) is 18.2 Å². The Labute approximate surface area is 414 Å². The van der Waals surface area contributed by atoms with Gasteiger partial charge in [0.2, 0.25) is 5.75 Å². The third-order valence-electron chi connectivity index (χ3n) is 9.23. The van der Waals surface area contributed by atoms with E-state index in [1.54, 1.807) is 28.4 Å². The first-order valence-corrected chi connectivity index (χ1v) is 23.8. The lowest BCUT2D eigenvalue weighted by Gasteiger charge is -2.21. The highest BCUT2D eigenvalue weighted by Crippen LogP contribution is 2.39. The third kappa shape index (κ3) is 29.9. The number of allylic oxidation sites excluding steroid dienone is 1. The van der Waals surface area contributed by atoms with E-state index in [9.17, 15) is 9.59 Å². The van der Waals surface area contributed by atoms with Crippen molar-refractivity contribution >= 4 is 18.0 Å². The molecule has 0 aliphatic heterocycles. The zero-order chi connectivity index (χ0) is 50.7. The van der Waals surface area contributed by atoms with Gasteiger partial charge in [0.15, 0.2) is 11.5 Å². The summed E-state index contributed by atoms with van der Waals surface area (Å²) in [6.07, 6.45) is 3.86. The standard InChI is InChI=1S/C50H81NO19/c1-8-9-42-36-41(10-11-45(42)70-40(2)3)37-44(50(53)69-35-31-65-27-23-61-19-15-57-7)51-49(52)43-38-46(66-32-28-62-24-20-58-16-12-54-4)48(68-34-30-64-26-22-60-18-14-56-6)47(39-43)67-33-29-63-25-21-59-17-13-55-5/h8-11,36,38-40,44H,12-35,37H2,1-7H3,(H,51,52)/b9-8+/t44-/m0/s1. The Balaban J connectivity index is 2.43. The van der Waals surface area contributed by atoms with Crippen LogP contribution in [0.25, 0.3) is 6.08 Å². The Hall–Kier alpha value is -4.16. The van der Waals surface area contributed by atoms with Crippen molar-refractivity contribution in [1.82, 2.24) is 5.32 Å². The van der Waals surface area contributed by atoms with Crippen LogP contribution in [0.2, 0.25) is 0 Å². The molecule has 20 heteroatoms. The molecule has 0 fully saturated rings. The highest BCUT2D eigenvalue weighted by molar-refractivity contribution is 5.98. The maximum absolute atomic E-state index is 14.4. The van der Waals surface area contributed by atoms with E-state index in [0.717, 1.165) is 11.1 Å². The summed E-state index contributed by atoms with van der Waals surface area (Å²) >= 11 is 0. The predicted molar refractivity (Wildman–Crippen MR) is 260 cm³/mol. The summed E-state index contributed by atoms with van der Waals surface area (Å²) in [5.41, 5.74) is 1.69. The second-order valence-electron chi connectivity index (χ2n) is 15.2. The minimum Gasteiger partial charge on any atom is -0.490 e. The third-order valence-corrected chi connectivity index (χ3v) is 9.23. The van der Waals surface area contributed by atoms with Crippen molar-refractivity contribution in [3.63, 3.8) is 0 Å². The number of nitrogens with one attached hydrogen (secondary N) is 1. The summed E-state index contributed by atoms with van der Waals surface area (Å²) in [5, 5.41) is 2.91. The first-order valence-electron chi connectivity index (χ1n) is 23.8. The molecule has 1 amide bonds. The van der Waals surface area contributed by atoms with Gasteiger partial charge in [-0.15, -0.1) is 0 Å². The Bertz CT molecular complexity index is 1600. The van der Waals surface area contributed by atoms with Crippen LogP contribution in [0.5, 0.6) is 23.0 Å². The maximum atomic E-state index is 14.4. The summed E-state index contributed by atoms with van der Waals surface area (Å²) < 4.78 is 95.2. The fourth-order valence-corrected chi connectivity index (χ4v) is 5.91. The quantitative estimate of drug-likeness (QED) is 0.0728. The van der Waals surface area contributed by atoms with Crippen molar-refractivity contribution in [3.05, 3.63) is 53.1 Å². The summed E-state index contributed by atoms with van der Waals surface area (Å²) in [7, 11) is 6.42. The number of ether oxygens (including phenoxy) is 17. The molecule has 0 saturated heterocycles. The minimum atomic E-state index is -1.13. The molecule has 1 N–H and O–H groups in total. The Kier molecular flexibility index (Phi) is 37.6. The number of hydrogen-bond acceptors (Lipinski definition) is 19. The van der Waals surface area contributed by atoms with E-state index in [-0.39, 0.29) is 88.2 Å². The zero-order valence-corrected chi connectivity index (χ0v) is 42.6. The van der Waals surface area contributed by atoms with Crippen molar-refractivity contribution in [2.45, 2.75) is 39.3 Å². The largest absolute Gasteiger partial charge is 0.490 e. The molecule has 0 unspecified atom stereocenters. The molecular weight excluding hydrogens is 919 g/mol. The second-order valence-corrected chi connectivity index (χ2v) is 15.2. The van der Waals surface area contributed by atoms with E-state index < -0.39 is 17.9 Å². The number of hydrogen-bond donors (Lipinski definition) is 1. The van der Waals surface area contributed by atoms with Gasteiger partial charge in [-0.3, -0.25) is 4.79 Å². The second kappa shape index (κ2) is 42.5. The van der Waals surface area contributed by atoms with Gasteiger partial charge in [-0.25, -0.2) is 4.79 Å². The summed E-state index contributed by atoms with van der Waals surface area (Å²) in [5.74, 6) is 0.0293. The number of methoxy groups -OCH3 is 4. The molecule has 2 rings (SSSR count). The molecule has 70 heavy (non-hydrogen) atoms. The molecule has 0 heterocycles. The Morgan fingerprint density at radius 1 is 0.500 bits per heavy atom. The molecule has 2 aromatic carbocycles. The van der Waals surface area contributed by atoms with Crippen LogP contribution < -0.4 is 24.3 Å². The van der Waals surface area contributed by atoms with Crippen LogP contribution in [0.15, 0.2) is 36.4 Å². The summed E-state index contributed by atoms with van der Waals surface area (Å²) in [6.45, 7) is 13.2. The van der Waals surface area contributed by atoms with Crippen molar-refractivity contribution in [1.29, 1.82) is 0 Å². The molecule has 400 valence electrons. The van der Waals surface area contributed by atoms with Gasteiger partial charge in [0.25, 0.3) is 5.91 Å². The Morgan fingerprint density at radius 2 is 0.900 bits per heavy atom. The molecule has 0 aliphatic carbocycles. The summed E-state index contributed by atoms with van der Waals surface area (Å²) in [4.78, 5) is 28.3. The van der Waals surface area contributed by atoms with Crippen molar-refractivity contribution in [3.8, 4) is 23.0 Å². The van der Waals surface area contributed by atoms with Crippen LogP contribution in [-0.2, 0) is 72.8 Å². The monoisotopic (exact) mass is 1000 g/mol. The number of rotatable bonds is 47. The number of carbonyl (C=O) groups is 2. The van der Waals surface area contributed by atoms with Gasteiger partial charge >= 0.3 is 5.97 Å². The topological polar surface area (TPSA) is 203 Å². The van der Waals surface area contributed by atoms with E-state index in [1.165, 1.54) is 12.1 Å². The number of amides is 1. The van der Waals surface area contributed by atoms with E-state index in [0.29, 0.717) is 111 Å². The molecule has 1 atom stereocenters. The van der Waals surface area contributed by atoms with Crippen molar-refractivity contribution < 1.29 is 90.1 Å². The molecule has 0 radical (unpaired) electrons.